The Kier molecular flexibility index (Phi) is 5.32. The van der Waals surface area contributed by atoms with Gasteiger partial charge in [-0.2, -0.15) is 4.98 Å². The number of aryl methyl sites for hydroxylation is 1. The maximum atomic E-state index is 13.2. The lowest BCUT2D eigenvalue weighted by Crippen LogP contribution is -2.39. The van der Waals surface area contributed by atoms with Crippen molar-refractivity contribution in [1.29, 1.82) is 0 Å². The molecule has 1 amide bonds. The number of hydrogen-bond donors (Lipinski definition) is 0. The molecule has 1 aromatic heterocycles. The number of hydrogen-bond acceptors (Lipinski definition) is 5. The van der Waals surface area contributed by atoms with Crippen LogP contribution in [0.1, 0.15) is 59.3 Å². The fourth-order valence-electron chi connectivity index (χ4n) is 4.94. The molecule has 3 aliphatic heterocycles. The van der Waals surface area contributed by atoms with Gasteiger partial charge in [-0.15, -0.1) is 0 Å². The van der Waals surface area contributed by atoms with Gasteiger partial charge in [-0.3, -0.25) is 4.79 Å². The van der Waals surface area contributed by atoms with Crippen LogP contribution in [0.2, 0.25) is 0 Å². The first-order valence-corrected chi connectivity index (χ1v) is 11.4. The molecule has 2 fully saturated rings. The summed E-state index contributed by atoms with van der Waals surface area (Å²) in [5.74, 6) is 2.07. The van der Waals surface area contributed by atoms with Crippen molar-refractivity contribution in [3.05, 3.63) is 46.6 Å². The molecule has 0 saturated carbocycles. The molecular weight excluding hydrogens is 374 g/mol. The number of aromatic nitrogens is 2. The highest BCUT2D eigenvalue weighted by Gasteiger charge is 2.30. The third-order valence-electron chi connectivity index (χ3n) is 6.62. The summed E-state index contributed by atoms with van der Waals surface area (Å²) in [6.45, 7) is 7.56. The molecule has 5 rings (SSSR count). The van der Waals surface area contributed by atoms with Crippen LogP contribution in [0.5, 0.6) is 0 Å². The zero-order valence-corrected chi connectivity index (χ0v) is 17.9. The van der Waals surface area contributed by atoms with Crippen LogP contribution in [0.4, 0.5) is 11.8 Å². The standard InChI is InChI=1S/C24H31N5O/c1-18-8-7-9-19(16-18)23(30)29-15-10-21-20(17-29)22(27-11-5-6-12-27)26-24(25-21)28-13-3-2-4-14-28/h7-9,16H,2-6,10-15,17H2,1H3. The van der Waals surface area contributed by atoms with Gasteiger partial charge in [0.15, 0.2) is 0 Å². The summed E-state index contributed by atoms with van der Waals surface area (Å²) in [7, 11) is 0. The van der Waals surface area contributed by atoms with Crippen LogP contribution in [0.3, 0.4) is 0 Å². The van der Waals surface area contributed by atoms with Crippen LogP contribution < -0.4 is 9.80 Å². The van der Waals surface area contributed by atoms with Gasteiger partial charge in [0.1, 0.15) is 5.82 Å². The molecule has 2 aromatic rings. The average Bonchev–Trinajstić information content (AvgIpc) is 3.33. The molecule has 2 saturated heterocycles. The maximum absolute atomic E-state index is 13.2. The Balaban J connectivity index is 1.47. The smallest absolute Gasteiger partial charge is 0.254 e. The molecule has 6 heteroatoms. The van der Waals surface area contributed by atoms with Crippen molar-refractivity contribution in [3.8, 4) is 0 Å². The molecule has 0 radical (unpaired) electrons. The van der Waals surface area contributed by atoms with Crippen molar-refractivity contribution in [2.75, 3.05) is 42.5 Å². The lowest BCUT2D eigenvalue weighted by molar-refractivity contribution is 0.0733. The maximum Gasteiger partial charge on any atom is 0.254 e. The van der Waals surface area contributed by atoms with Gasteiger partial charge >= 0.3 is 0 Å². The minimum absolute atomic E-state index is 0.108. The number of carbonyl (C=O) groups excluding carboxylic acids is 1. The van der Waals surface area contributed by atoms with Gasteiger partial charge in [0.2, 0.25) is 5.95 Å². The molecule has 158 valence electrons. The normalized spacial score (nSPS) is 19.2. The first-order valence-electron chi connectivity index (χ1n) is 11.4. The Labute approximate surface area is 178 Å². The first kappa shape index (κ1) is 19.3. The molecule has 3 aliphatic rings. The Morgan fingerprint density at radius 1 is 0.900 bits per heavy atom. The van der Waals surface area contributed by atoms with Gasteiger partial charge in [-0.05, 0) is 51.2 Å². The van der Waals surface area contributed by atoms with E-state index in [-0.39, 0.29) is 5.91 Å². The Bertz CT molecular complexity index is 931. The minimum Gasteiger partial charge on any atom is -0.356 e. The zero-order chi connectivity index (χ0) is 20.5. The Morgan fingerprint density at radius 3 is 2.40 bits per heavy atom. The van der Waals surface area contributed by atoms with Crippen molar-refractivity contribution < 1.29 is 4.79 Å². The second kappa shape index (κ2) is 8.25. The van der Waals surface area contributed by atoms with Gasteiger partial charge in [-0.25, -0.2) is 4.98 Å². The third kappa shape index (κ3) is 3.75. The van der Waals surface area contributed by atoms with E-state index in [2.05, 4.69) is 9.80 Å². The molecule has 1 aromatic carbocycles. The van der Waals surface area contributed by atoms with Crippen molar-refractivity contribution in [2.45, 2.75) is 52.0 Å². The van der Waals surface area contributed by atoms with E-state index in [0.29, 0.717) is 6.54 Å². The van der Waals surface area contributed by atoms with E-state index in [1.54, 1.807) is 0 Å². The molecule has 0 aliphatic carbocycles. The van der Waals surface area contributed by atoms with Crippen molar-refractivity contribution >= 4 is 17.7 Å². The zero-order valence-electron chi connectivity index (χ0n) is 17.9. The molecule has 6 nitrogen and oxygen atoms in total. The number of carbonyl (C=O) groups is 1. The van der Waals surface area contributed by atoms with Crippen LogP contribution in [0.15, 0.2) is 24.3 Å². The van der Waals surface area contributed by atoms with E-state index in [4.69, 9.17) is 9.97 Å². The fraction of sp³-hybridized carbons (Fsp3) is 0.542. The van der Waals surface area contributed by atoms with Crippen LogP contribution >= 0.6 is 0 Å². The predicted molar refractivity (Wildman–Crippen MR) is 119 cm³/mol. The monoisotopic (exact) mass is 405 g/mol. The lowest BCUT2D eigenvalue weighted by Gasteiger charge is -2.34. The lowest BCUT2D eigenvalue weighted by atomic mass is 10.0. The van der Waals surface area contributed by atoms with Gasteiger partial charge in [-0.1, -0.05) is 17.7 Å². The molecule has 30 heavy (non-hydrogen) atoms. The minimum atomic E-state index is 0.108. The fourth-order valence-corrected chi connectivity index (χ4v) is 4.94. The van der Waals surface area contributed by atoms with E-state index in [1.165, 1.54) is 32.1 Å². The largest absolute Gasteiger partial charge is 0.356 e. The van der Waals surface area contributed by atoms with Crippen LogP contribution in [-0.2, 0) is 13.0 Å². The highest BCUT2D eigenvalue weighted by Crippen LogP contribution is 2.32. The number of benzene rings is 1. The van der Waals surface area contributed by atoms with Gasteiger partial charge in [0.25, 0.3) is 5.91 Å². The Hall–Kier alpha value is -2.63. The molecule has 0 N–H and O–H groups in total. The van der Waals surface area contributed by atoms with Crippen LogP contribution in [0, 0.1) is 6.92 Å². The summed E-state index contributed by atoms with van der Waals surface area (Å²) in [6.07, 6.45) is 6.97. The average molecular weight is 406 g/mol. The van der Waals surface area contributed by atoms with Crippen molar-refractivity contribution in [2.24, 2.45) is 0 Å². The molecule has 4 heterocycles. The number of amides is 1. The van der Waals surface area contributed by atoms with Gasteiger partial charge in [0.05, 0.1) is 12.2 Å². The second-order valence-electron chi connectivity index (χ2n) is 8.86. The molecule has 0 atom stereocenters. The summed E-state index contributed by atoms with van der Waals surface area (Å²) in [4.78, 5) is 30.0. The summed E-state index contributed by atoms with van der Waals surface area (Å²) in [5.41, 5.74) is 4.18. The van der Waals surface area contributed by atoms with Crippen molar-refractivity contribution in [3.63, 3.8) is 0 Å². The highest BCUT2D eigenvalue weighted by molar-refractivity contribution is 5.94. The quantitative estimate of drug-likeness (QED) is 0.781. The Morgan fingerprint density at radius 2 is 1.63 bits per heavy atom. The van der Waals surface area contributed by atoms with E-state index in [9.17, 15) is 4.79 Å². The van der Waals surface area contributed by atoms with E-state index >= 15 is 0 Å². The van der Waals surface area contributed by atoms with Gasteiger partial charge < -0.3 is 14.7 Å². The van der Waals surface area contributed by atoms with E-state index in [1.807, 2.05) is 36.1 Å². The summed E-state index contributed by atoms with van der Waals surface area (Å²) < 4.78 is 0. The predicted octanol–water partition coefficient (Wildman–Crippen LogP) is 3.57. The molecule has 0 spiro atoms. The number of fused-ring (bicyclic) bond motifs is 1. The molecule has 0 unspecified atom stereocenters. The van der Waals surface area contributed by atoms with Crippen LogP contribution in [0.25, 0.3) is 0 Å². The van der Waals surface area contributed by atoms with Gasteiger partial charge in [0, 0.05) is 50.3 Å². The number of piperidine rings is 1. The summed E-state index contributed by atoms with van der Waals surface area (Å²) >= 11 is 0. The van der Waals surface area contributed by atoms with E-state index < -0.39 is 0 Å². The SMILES string of the molecule is Cc1cccc(C(=O)N2CCc3nc(N4CCCCC4)nc(N4CCCC4)c3C2)c1. The highest BCUT2D eigenvalue weighted by atomic mass is 16.2. The third-order valence-corrected chi connectivity index (χ3v) is 6.62. The molecule has 0 bridgehead atoms. The first-order chi connectivity index (χ1) is 14.7. The summed E-state index contributed by atoms with van der Waals surface area (Å²) in [6, 6.07) is 7.89. The number of nitrogens with zero attached hydrogens (tertiary/aromatic N) is 5. The van der Waals surface area contributed by atoms with E-state index in [0.717, 1.165) is 73.3 Å². The van der Waals surface area contributed by atoms with Crippen LogP contribution in [-0.4, -0.2) is 53.5 Å². The molecular formula is C24H31N5O. The van der Waals surface area contributed by atoms with Crippen molar-refractivity contribution in [1.82, 2.24) is 14.9 Å². The second-order valence-corrected chi connectivity index (χ2v) is 8.86. The number of rotatable bonds is 3. The topological polar surface area (TPSA) is 52.6 Å². The number of anilines is 2. The summed E-state index contributed by atoms with van der Waals surface area (Å²) in [5, 5.41) is 0.